The average molecular weight is 425 g/mol. The second-order valence-corrected chi connectivity index (χ2v) is 10.4. The summed E-state index contributed by atoms with van der Waals surface area (Å²) in [6, 6.07) is 4.35. The Kier molecular flexibility index (Phi) is 6.73. The lowest BCUT2D eigenvalue weighted by atomic mass is 9.88. The van der Waals surface area contributed by atoms with Crippen LogP contribution in [0, 0.1) is 19.8 Å². The number of carboxylic acid groups (broad SMARTS) is 1. The summed E-state index contributed by atoms with van der Waals surface area (Å²) < 4.78 is 31.1. The zero-order valence-electron chi connectivity index (χ0n) is 17.6. The number of rotatable bonds is 5. The van der Waals surface area contributed by atoms with Crippen LogP contribution in [0.5, 0.6) is 5.75 Å². The highest BCUT2D eigenvalue weighted by atomic mass is 32.2. The number of sulfonamides is 1. The molecule has 0 aromatic heterocycles. The van der Waals surface area contributed by atoms with Crippen LogP contribution in [0.4, 0.5) is 4.79 Å². The molecule has 2 aliphatic heterocycles. The second-order valence-electron chi connectivity index (χ2n) is 8.44. The molecule has 2 heterocycles. The summed E-state index contributed by atoms with van der Waals surface area (Å²) in [5, 5.41) is 9.06. The van der Waals surface area contributed by atoms with Crippen LogP contribution in [-0.2, 0) is 10.0 Å². The zero-order valence-corrected chi connectivity index (χ0v) is 18.4. The minimum Gasteiger partial charge on any atom is -0.493 e. The topological polar surface area (TPSA) is 87.2 Å². The summed E-state index contributed by atoms with van der Waals surface area (Å²) in [7, 11) is -3.10. The molecule has 1 aromatic rings. The fraction of sp³-hybridized carbons (Fsp3) is 0.667. The number of hydrogen-bond acceptors (Lipinski definition) is 4. The van der Waals surface area contributed by atoms with Gasteiger partial charge in [-0.05, 0) is 68.1 Å². The Labute approximate surface area is 173 Å². The van der Waals surface area contributed by atoms with Gasteiger partial charge in [-0.3, -0.25) is 0 Å². The summed E-state index contributed by atoms with van der Waals surface area (Å²) in [6.45, 7) is 7.04. The van der Waals surface area contributed by atoms with E-state index in [1.807, 2.05) is 0 Å². The van der Waals surface area contributed by atoms with Crippen molar-refractivity contribution in [2.75, 3.05) is 39.0 Å². The Morgan fingerprint density at radius 2 is 1.62 bits per heavy atom. The van der Waals surface area contributed by atoms with Crippen molar-refractivity contribution in [3.63, 3.8) is 0 Å². The fourth-order valence-electron chi connectivity index (χ4n) is 4.46. The van der Waals surface area contributed by atoms with Crippen molar-refractivity contribution in [2.24, 2.45) is 5.92 Å². The SMILES string of the molecule is Cc1cc(C2CCN(S(C)(=O)=O)CC2)cc(C)c1OCC1CCN(C(=O)O)CC1. The molecule has 1 amide bonds. The molecule has 0 unspecified atom stereocenters. The quantitative estimate of drug-likeness (QED) is 0.784. The van der Waals surface area contributed by atoms with Gasteiger partial charge in [-0.25, -0.2) is 17.5 Å². The predicted molar refractivity (Wildman–Crippen MR) is 112 cm³/mol. The van der Waals surface area contributed by atoms with Crippen molar-refractivity contribution < 1.29 is 23.1 Å². The van der Waals surface area contributed by atoms with E-state index < -0.39 is 16.1 Å². The Morgan fingerprint density at radius 3 is 2.10 bits per heavy atom. The second kappa shape index (κ2) is 8.92. The van der Waals surface area contributed by atoms with Crippen molar-refractivity contribution in [1.29, 1.82) is 0 Å². The third-order valence-electron chi connectivity index (χ3n) is 6.23. The number of likely N-dealkylation sites (tertiary alicyclic amines) is 1. The van der Waals surface area contributed by atoms with Gasteiger partial charge in [0, 0.05) is 26.2 Å². The van der Waals surface area contributed by atoms with Crippen LogP contribution >= 0.6 is 0 Å². The van der Waals surface area contributed by atoms with Gasteiger partial charge in [-0.2, -0.15) is 0 Å². The number of benzene rings is 1. The standard InChI is InChI=1S/C21H32N2O5S/c1-15-12-19(18-6-10-23(11-7-18)29(3,26)27)13-16(2)20(15)28-14-17-4-8-22(9-5-17)21(24)25/h12-13,17-18H,4-11,14H2,1-3H3,(H,24,25). The van der Waals surface area contributed by atoms with E-state index >= 15 is 0 Å². The summed E-state index contributed by atoms with van der Waals surface area (Å²) in [5.74, 6) is 1.67. The maximum atomic E-state index is 11.7. The van der Waals surface area contributed by atoms with Gasteiger partial charge in [-0.1, -0.05) is 12.1 Å². The summed E-state index contributed by atoms with van der Waals surface area (Å²) in [6.07, 6.45) is 3.79. The minimum absolute atomic E-state index is 0.375. The first kappa shape index (κ1) is 21.9. The van der Waals surface area contributed by atoms with E-state index in [9.17, 15) is 13.2 Å². The van der Waals surface area contributed by atoms with E-state index in [1.165, 1.54) is 16.7 Å². The molecule has 0 atom stereocenters. The molecule has 3 rings (SSSR count). The normalized spacial score (nSPS) is 20.0. The number of nitrogens with zero attached hydrogens (tertiary/aromatic N) is 2. The lowest BCUT2D eigenvalue weighted by Crippen LogP contribution is -2.38. The van der Waals surface area contributed by atoms with Crippen LogP contribution in [0.3, 0.4) is 0 Å². The summed E-state index contributed by atoms with van der Waals surface area (Å²) >= 11 is 0. The van der Waals surface area contributed by atoms with Gasteiger partial charge in [0.2, 0.25) is 10.0 Å². The van der Waals surface area contributed by atoms with Crippen molar-refractivity contribution in [2.45, 2.75) is 45.4 Å². The van der Waals surface area contributed by atoms with Crippen molar-refractivity contribution in [3.8, 4) is 5.75 Å². The number of carbonyl (C=O) groups is 1. The molecule has 0 spiro atoms. The lowest BCUT2D eigenvalue weighted by molar-refractivity contribution is 0.111. The van der Waals surface area contributed by atoms with Crippen LogP contribution in [0.2, 0.25) is 0 Å². The molecule has 1 aromatic carbocycles. The average Bonchev–Trinajstić information content (AvgIpc) is 2.67. The zero-order chi connectivity index (χ0) is 21.2. The molecule has 162 valence electrons. The maximum absolute atomic E-state index is 11.7. The molecule has 2 saturated heterocycles. The molecule has 7 nitrogen and oxygen atoms in total. The Balaban J connectivity index is 1.58. The first-order chi connectivity index (χ1) is 13.6. The van der Waals surface area contributed by atoms with E-state index in [-0.39, 0.29) is 0 Å². The van der Waals surface area contributed by atoms with Gasteiger partial charge in [0.05, 0.1) is 12.9 Å². The monoisotopic (exact) mass is 424 g/mol. The minimum atomic E-state index is -3.10. The summed E-state index contributed by atoms with van der Waals surface area (Å²) in [4.78, 5) is 12.5. The number of hydrogen-bond donors (Lipinski definition) is 1. The van der Waals surface area contributed by atoms with Gasteiger partial charge < -0.3 is 14.7 Å². The van der Waals surface area contributed by atoms with Crippen molar-refractivity contribution in [3.05, 3.63) is 28.8 Å². The highest BCUT2D eigenvalue weighted by Crippen LogP contribution is 2.34. The van der Waals surface area contributed by atoms with Crippen LogP contribution in [0.25, 0.3) is 0 Å². The van der Waals surface area contributed by atoms with E-state index in [2.05, 4.69) is 26.0 Å². The third kappa shape index (κ3) is 5.42. The molecule has 29 heavy (non-hydrogen) atoms. The van der Waals surface area contributed by atoms with E-state index in [1.54, 1.807) is 4.31 Å². The Bertz CT molecular complexity index is 816. The molecule has 2 fully saturated rings. The molecule has 1 N–H and O–H groups in total. The van der Waals surface area contributed by atoms with Crippen molar-refractivity contribution in [1.82, 2.24) is 9.21 Å². The third-order valence-corrected chi connectivity index (χ3v) is 7.53. The van der Waals surface area contributed by atoms with Gasteiger partial charge in [-0.15, -0.1) is 0 Å². The molecule has 2 aliphatic rings. The van der Waals surface area contributed by atoms with Crippen LogP contribution in [0.1, 0.15) is 48.3 Å². The maximum Gasteiger partial charge on any atom is 0.407 e. The number of amides is 1. The summed E-state index contributed by atoms with van der Waals surface area (Å²) in [5.41, 5.74) is 3.47. The highest BCUT2D eigenvalue weighted by Gasteiger charge is 2.27. The van der Waals surface area contributed by atoms with Crippen LogP contribution in [0.15, 0.2) is 12.1 Å². The first-order valence-corrected chi connectivity index (χ1v) is 12.2. The molecular weight excluding hydrogens is 392 g/mol. The number of aryl methyl sites for hydroxylation is 2. The number of piperidine rings is 2. The predicted octanol–water partition coefficient (Wildman–Crippen LogP) is 3.21. The highest BCUT2D eigenvalue weighted by molar-refractivity contribution is 7.88. The first-order valence-electron chi connectivity index (χ1n) is 10.3. The largest absolute Gasteiger partial charge is 0.493 e. The Hall–Kier alpha value is -1.80. The van der Waals surface area contributed by atoms with Gasteiger partial charge in [0.25, 0.3) is 0 Å². The number of ether oxygens (including phenoxy) is 1. The van der Waals surface area contributed by atoms with E-state index in [4.69, 9.17) is 9.84 Å². The van der Waals surface area contributed by atoms with Gasteiger partial charge in [0.15, 0.2) is 0 Å². The van der Waals surface area contributed by atoms with Gasteiger partial charge in [0.1, 0.15) is 5.75 Å². The molecule has 0 bridgehead atoms. The van der Waals surface area contributed by atoms with Crippen LogP contribution < -0.4 is 4.74 Å². The molecule has 0 aliphatic carbocycles. The smallest absolute Gasteiger partial charge is 0.407 e. The van der Waals surface area contributed by atoms with Gasteiger partial charge >= 0.3 is 6.09 Å². The molecular formula is C21H32N2O5S. The Morgan fingerprint density at radius 1 is 1.07 bits per heavy atom. The molecule has 8 heteroatoms. The fourth-order valence-corrected chi connectivity index (χ4v) is 5.33. The molecule has 0 saturated carbocycles. The van der Waals surface area contributed by atoms with Crippen molar-refractivity contribution >= 4 is 16.1 Å². The van der Waals surface area contributed by atoms with E-state index in [0.29, 0.717) is 44.6 Å². The van der Waals surface area contributed by atoms with Crippen LogP contribution in [-0.4, -0.2) is 67.9 Å². The molecule has 0 radical (unpaired) electrons. The van der Waals surface area contributed by atoms with E-state index in [0.717, 1.165) is 42.6 Å². The lowest BCUT2D eigenvalue weighted by Gasteiger charge is -2.31.